The second-order valence-electron chi connectivity index (χ2n) is 8.04. The topological polar surface area (TPSA) is 122 Å². The molecule has 0 fully saturated rings. The molecule has 0 aliphatic rings. The third-order valence-corrected chi connectivity index (χ3v) is 5.62. The zero-order chi connectivity index (χ0) is 25.5. The number of amides is 3. The van der Waals surface area contributed by atoms with E-state index in [0.29, 0.717) is 16.3 Å². The Morgan fingerprint density at radius 1 is 0.806 bits per heavy atom. The summed E-state index contributed by atoms with van der Waals surface area (Å²) < 4.78 is 1.19. The first-order valence-electron chi connectivity index (χ1n) is 11.5. The highest BCUT2D eigenvalue weighted by atomic mass is 16.2. The summed E-state index contributed by atoms with van der Waals surface area (Å²) in [6.45, 7) is 2.03. The largest absolute Gasteiger partial charge is 0.340 e. The fourth-order valence-corrected chi connectivity index (χ4v) is 3.77. The van der Waals surface area contributed by atoms with Gasteiger partial charge in [0.1, 0.15) is 6.04 Å². The molecule has 1 atom stereocenters. The van der Waals surface area contributed by atoms with Crippen molar-refractivity contribution >= 4 is 28.5 Å². The molecule has 1 unspecified atom stereocenters. The molecule has 3 amide bonds. The fraction of sp³-hybridized carbons (Fsp3) is 0.148. The number of aryl methyl sites for hydroxylation is 1. The Labute approximate surface area is 207 Å². The summed E-state index contributed by atoms with van der Waals surface area (Å²) in [5.41, 5.74) is 5.70. The third kappa shape index (κ3) is 5.47. The number of hydrogen-bond acceptors (Lipinski definition) is 5. The summed E-state index contributed by atoms with van der Waals surface area (Å²) in [6.07, 6.45) is 0.211. The zero-order valence-electron chi connectivity index (χ0n) is 19.6. The maximum absolute atomic E-state index is 13.1. The van der Waals surface area contributed by atoms with Gasteiger partial charge in [-0.15, -0.1) is 0 Å². The van der Waals surface area contributed by atoms with Crippen LogP contribution in [0.25, 0.3) is 10.8 Å². The van der Waals surface area contributed by atoms with Crippen LogP contribution in [0.1, 0.15) is 33.3 Å². The number of nitrogens with one attached hydrogen (secondary N) is 3. The van der Waals surface area contributed by atoms with Crippen LogP contribution >= 0.6 is 0 Å². The van der Waals surface area contributed by atoms with Crippen LogP contribution < -0.4 is 21.7 Å². The molecule has 36 heavy (non-hydrogen) atoms. The molecule has 0 bridgehead atoms. The van der Waals surface area contributed by atoms with Crippen molar-refractivity contribution in [3.63, 3.8) is 0 Å². The van der Waals surface area contributed by atoms with Gasteiger partial charge in [0.15, 0.2) is 5.69 Å². The summed E-state index contributed by atoms with van der Waals surface area (Å²) >= 11 is 0. The maximum atomic E-state index is 13.1. The minimum atomic E-state index is -0.963. The predicted molar refractivity (Wildman–Crippen MR) is 135 cm³/mol. The molecule has 182 valence electrons. The predicted octanol–water partition coefficient (Wildman–Crippen LogP) is 2.22. The summed E-state index contributed by atoms with van der Waals surface area (Å²) in [5, 5.41) is 7.63. The van der Waals surface area contributed by atoms with E-state index in [2.05, 4.69) is 21.3 Å². The number of rotatable bonds is 7. The van der Waals surface area contributed by atoms with Gasteiger partial charge >= 0.3 is 0 Å². The van der Waals surface area contributed by atoms with E-state index in [-0.39, 0.29) is 24.2 Å². The Kier molecular flexibility index (Phi) is 7.50. The number of fused-ring (bicyclic) bond motifs is 1. The quantitative estimate of drug-likeness (QED) is 0.348. The molecule has 9 heteroatoms. The van der Waals surface area contributed by atoms with Crippen LogP contribution in [0.15, 0.2) is 89.7 Å². The van der Waals surface area contributed by atoms with E-state index in [0.717, 1.165) is 5.56 Å². The first-order valence-corrected chi connectivity index (χ1v) is 11.5. The third-order valence-electron chi connectivity index (χ3n) is 5.62. The highest BCUT2D eigenvalue weighted by molar-refractivity contribution is 6.05. The van der Waals surface area contributed by atoms with Crippen LogP contribution in [0.4, 0.5) is 0 Å². The number of hydrazine groups is 1. The number of hydrogen-bond donors (Lipinski definition) is 3. The average molecular weight is 484 g/mol. The molecule has 9 nitrogen and oxygen atoms in total. The van der Waals surface area contributed by atoms with Gasteiger partial charge in [0.25, 0.3) is 23.3 Å². The lowest BCUT2D eigenvalue weighted by molar-refractivity contribution is -0.123. The van der Waals surface area contributed by atoms with E-state index in [1.54, 1.807) is 61.5 Å². The highest BCUT2D eigenvalue weighted by Crippen LogP contribution is 2.13. The van der Waals surface area contributed by atoms with Crippen molar-refractivity contribution in [1.29, 1.82) is 0 Å². The van der Waals surface area contributed by atoms with Gasteiger partial charge in [-0.1, -0.05) is 66.7 Å². The summed E-state index contributed by atoms with van der Waals surface area (Å²) in [6, 6.07) is 23.5. The normalized spacial score (nSPS) is 11.5. The van der Waals surface area contributed by atoms with Gasteiger partial charge in [-0.2, -0.15) is 5.10 Å². The highest BCUT2D eigenvalue weighted by Gasteiger charge is 2.23. The van der Waals surface area contributed by atoms with Crippen LogP contribution in [0, 0.1) is 0 Å². The molecule has 0 aliphatic heterocycles. The monoisotopic (exact) mass is 483 g/mol. The number of aromatic nitrogens is 2. The minimum absolute atomic E-state index is 0.000260. The maximum Gasteiger partial charge on any atom is 0.290 e. The molecule has 3 aromatic carbocycles. The Hall–Kier alpha value is -4.79. The molecule has 4 aromatic rings. The van der Waals surface area contributed by atoms with Gasteiger partial charge in [-0.25, -0.2) is 4.68 Å². The second kappa shape index (κ2) is 11.1. The van der Waals surface area contributed by atoms with Crippen molar-refractivity contribution < 1.29 is 14.4 Å². The van der Waals surface area contributed by atoms with E-state index in [9.17, 15) is 19.2 Å². The van der Waals surface area contributed by atoms with Crippen LogP contribution in [0.2, 0.25) is 0 Å². The van der Waals surface area contributed by atoms with E-state index in [4.69, 9.17) is 0 Å². The standard InChI is InChI=1S/C27H25N5O4/c1-2-32-27(36)21-16-10-9-15-20(21)23(31-32)26(35)30-29-25(34)22(17-18-11-5-3-6-12-18)28-24(33)19-13-7-4-8-14-19/h3-16,22H,2,17H2,1H3,(H,28,33)(H,29,34)(H,30,35). The summed E-state index contributed by atoms with van der Waals surface area (Å²) in [5.74, 6) is -1.71. The van der Waals surface area contributed by atoms with Crippen molar-refractivity contribution in [3.8, 4) is 0 Å². The van der Waals surface area contributed by atoms with Crippen LogP contribution in [0.3, 0.4) is 0 Å². The van der Waals surface area contributed by atoms with Crippen molar-refractivity contribution in [2.45, 2.75) is 25.9 Å². The molecule has 0 saturated carbocycles. The number of carbonyl (C=O) groups excluding carboxylic acids is 3. The first-order chi connectivity index (χ1) is 17.5. The van der Waals surface area contributed by atoms with Gasteiger partial charge in [-0.05, 0) is 30.7 Å². The van der Waals surface area contributed by atoms with Crippen molar-refractivity contribution in [1.82, 2.24) is 25.9 Å². The molecule has 4 rings (SSSR count). The van der Waals surface area contributed by atoms with E-state index < -0.39 is 23.8 Å². The Balaban J connectivity index is 1.53. The molecule has 0 spiro atoms. The smallest absolute Gasteiger partial charge is 0.290 e. The molecular formula is C27H25N5O4. The number of nitrogens with zero attached hydrogens (tertiary/aromatic N) is 2. The molecular weight excluding hydrogens is 458 g/mol. The average Bonchev–Trinajstić information content (AvgIpc) is 2.92. The lowest BCUT2D eigenvalue weighted by atomic mass is 10.0. The molecule has 3 N–H and O–H groups in total. The SMILES string of the molecule is CCn1nc(C(=O)NNC(=O)C(Cc2ccccc2)NC(=O)c2ccccc2)c2ccccc2c1=O. The molecule has 0 radical (unpaired) electrons. The minimum Gasteiger partial charge on any atom is -0.340 e. The Morgan fingerprint density at radius 2 is 1.42 bits per heavy atom. The first kappa shape index (κ1) is 24.3. The van der Waals surface area contributed by atoms with Gasteiger partial charge in [0.05, 0.1) is 5.39 Å². The van der Waals surface area contributed by atoms with E-state index in [1.807, 2.05) is 30.3 Å². The van der Waals surface area contributed by atoms with Crippen molar-refractivity contribution in [2.24, 2.45) is 0 Å². The van der Waals surface area contributed by atoms with Crippen LogP contribution in [0.5, 0.6) is 0 Å². The van der Waals surface area contributed by atoms with Crippen LogP contribution in [-0.4, -0.2) is 33.5 Å². The lowest BCUT2D eigenvalue weighted by Gasteiger charge is -2.19. The van der Waals surface area contributed by atoms with Gasteiger partial charge in [0, 0.05) is 23.9 Å². The molecule has 1 heterocycles. The van der Waals surface area contributed by atoms with Crippen LogP contribution in [-0.2, 0) is 17.8 Å². The summed E-state index contributed by atoms with van der Waals surface area (Å²) in [4.78, 5) is 51.3. The number of carbonyl (C=O) groups is 3. The lowest BCUT2D eigenvalue weighted by Crippen LogP contribution is -2.53. The Bertz CT molecular complexity index is 1450. The van der Waals surface area contributed by atoms with Gasteiger partial charge in [-0.3, -0.25) is 30.0 Å². The number of benzene rings is 3. The van der Waals surface area contributed by atoms with E-state index in [1.165, 1.54) is 4.68 Å². The van der Waals surface area contributed by atoms with Crippen molar-refractivity contribution in [3.05, 3.63) is 112 Å². The summed E-state index contributed by atoms with van der Waals surface area (Å²) in [7, 11) is 0. The second-order valence-corrected chi connectivity index (χ2v) is 8.04. The Morgan fingerprint density at radius 3 is 2.08 bits per heavy atom. The molecule has 1 aromatic heterocycles. The van der Waals surface area contributed by atoms with Crippen molar-refractivity contribution in [2.75, 3.05) is 0 Å². The fourth-order valence-electron chi connectivity index (χ4n) is 3.77. The van der Waals surface area contributed by atoms with E-state index >= 15 is 0 Å². The molecule has 0 saturated heterocycles. The molecule has 0 aliphatic carbocycles. The van der Waals surface area contributed by atoms with Gasteiger partial charge < -0.3 is 5.32 Å². The van der Waals surface area contributed by atoms with Gasteiger partial charge in [0.2, 0.25) is 0 Å². The zero-order valence-corrected chi connectivity index (χ0v) is 19.6.